The Labute approximate surface area is 112 Å². The molecule has 3 aromatic rings. The molecule has 0 saturated heterocycles. The SMILES string of the molecule is Cc1cccc2[nH]c(-c3ccc(Br)c(F)c3)nc12. The number of para-hydroxylation sites is 1. The molecule has 0 aliphatic rings. The third-order valence-electron chi connectivity index (χ3n) is 2.91. The molecule has 1 N–H and O–H groups in total. The molecule has 0 radical (unpaired) electrons. The Morgan fingerprint density at radius 1 is 1.22 bits per heavy atom. The summed E-state index contributed by atoms with van der Waals surface area (Å²) in [6, 6.07) is 10.9. The molecule has 0 amide bonds. The summed E-state index contributed by atoms with van der Waals surface area (Å²) in [4.78, 5) is 7.72. The smallest absolute Gasteiger partial charge is 0.138 e. The van der Waals surface area contributed by atoms with Crippen molar-refractivity contribution in [3.8, 4) is 11.4 Å². The van der Waals surface area contributed by atoms with Gasteiger partial charge in [-0.05, 0) is 52.7 Å². The molecule has 1 aromatic heterocycles. The van der Waals surface area contributed by atoms with Gasteiger partial charge in [0.2, 0.25) is 0 Å². The highest BCUT2D eigenvalue weighted by Gasteiger charge is 2.08. The lowest BCUT2D eigenvalue weighted by Gasteiger charge is -1.98. The Morgan fingerprint density at radius 3 is 2.78 bits per heavy atom. The fraction of sp³-hybridized carbons (Fsp3) is 0.0714. The van der Waals surface area contributed by atoms with E-state index in [4.69, 9.17) is 0 Å². The van der Waals surface area contributed by atoms with E-state index in [0.29, 0.717) is 10.3 Å². The Morgan fingerprint density at radius 2 is 2.06 bits per heavy atom. The number of fused-ring (bicyclic) bond motifs is 1. The molecule has 4 heteroatoms. The first kappa shape index (κ1) is 11.4. The monoisotopic (exact) mass is 304 g/mol. The molecule has 0 aliphatic heterocycles. The summed E-state index contributed by atoms with van der Waals surface area (Å²) < 4.78 is 14.0. The molecule has 0 atom stereocenters. The van der Waals surface area contributed by atoms with Crippen molar-refractivity contribution < 1.29 is 4.39 Å². The number of imidazole rings is 1. The summed E-state index contributed by atoms with van der Waals surface area (Å²) in [5, 5.41) is 0. The molecule has 0 unspecified atom stereocenters. The molecular weight excluding hydrogens is 295 g/mol. The topological polar surface area (TPSA) is 28.7 Å². The predicted molar refractivity (Wildman–Crippen MR) is 73.9 cm³/mol. The number of nitrogens with zero attached hydrogens (tertiary/aromatic N) is 1. The zero-order chi connectivity index (χ0) is 12.7. The first-order valence-corrected chi connectivity index (χ1v) is 6.35. The summed E-state index contributed by atoms with van der Waals surface area (Å²) in [6.45, 7) is 2.01. The van der Waals surface area contributed by atoms with Gasteiger partial charge in [-0.15, -0.1) is 0 Å². The van der Waals surface area contributed by atoms with Crippen LogP contribution >= 0.6 is 15.9 Å². The molecule has 18 heavy (non-hydrogen) atoms. The minimum absolute atomic E-state index is 0.287. The minimum Gasteiger partial charge on any atom is -0.338 e. The van der Waals surface area contributed by atoms with E-state index in [0.717, 1.165) is 22.2 Å². The van der Waals surface area contributed by atoms with Crippen molar-refractivity contribution in [2.75, 3.05) is 0 Å². The van der Waals surface area contributed by atoms with Crippen LogP contribution in [0.15, 0.2) is 40.9 Å². The summed E-state index contributed by atoms with van der Waals surface area (Å²) >= 11 is 3.14. The summed E-state index contributed by atoms with van der Waals surface area (Å²) in [7, 11) is 0. The Kier molecular flexibility index (Phi) is 2.67. The van der Waals surface area contributed by atoms with Crippen molar-refractivity contribution >= 4 is 27.0 Å². The average Bonchev–Trinajstić information content (AvgIpc) is 2.78. The molecule has 0 spiro atoms. The lowest BCUT2D eigenvalue weighted by molar-refractivity contribution is 0.621. The molecule has 3 rings (SSSR count). The van der Waals surface area contributed by atoms with Gasteiger partial charge in [0.1, 0.15) is 11.6 Å². The van der Waals surface area contributed by atoms with Crippen LogP contribution in [-0.4, -0.2) is 9.97 Å². The van der Waals surface area contributed by atoms with Crippen molar-refractivity contribution in [2.45, 2.75) is 6.92 Å². The van der Waals surface area contributed by atoms with Crippen molar-refractivity contribution in [1.82, 2.24) is 9.97 Å². The molecule has 0 bridgehead atoms. The van der Waals surface area contributed by atoms with Crippen LogP contribution in [0.1, 0.15) is 5.56 Å². The van der Waals surface area contributed by atoms with Gasteiger partial charge in [-0.25, -0.2) is 9.37 Å². The lowest BCUT2D eigenvalue weighted by atomic mass is 10.2. The number of hydrogen-bond acceptors (Lipinski definition) is 1. The minimum atomic E-state index is -0.287. The molecule has 90 valence electrons. The molecule has 0 aliphatic carbocycles. The quantitative estimate of drug-likeness (QED) is 0.707. The Bertz CT molecular complexity index is 734. The van der Waals surface area contributed by atoms with E-state index < -0.39 is 0 Å². The van der Waals surface area contributed by atoms with Crippen molar-refractivity contribution in [3.63, 3.8) is 0 Å². The zero-order valence-electron chi connectivity index (χ0n) is 9.67. The standard InChI is InChI=1S/C14H10BrFN2/c1-8-3-2-4-12-13(8)18-14(17-12)9-5-6-10(15)11(16)7-9/h2-7H,1H3,(H,17,18). The second kappa shape index (κ2) is 4.21. The van der Waals surface area contributed by atoms with Gasteiger partial charge in [-0.1, -0.05) is 12.1 Å². The maximum absolute atomic E-state index is 13.5. The van der Waals surface area contributed by atoms with Gasteiger partial charge in [0.15, 0.2) is 0 Å². The number of aryl methyl sites for hydroxylation is 1. The fourth-order valence-electron chi connectivity index (χ4n) is 1.96. The van der Waals surface area contributed by atoms with Crippen LogP contribution in [-0.2, 0) is 0 Å². The lowest BCUT2D eigenvalue weighted by Crippen LogP contribution is -1.83. The van der Waals surface area contributed by atoms with E-state index in [9.17, 15) is 4.39 Å². The van der Waals surface area contributed by atoms with Crippen molar-refractivity contribution in [1.29, 1.82) is 0 Å². The molecule has 2 aromatic carbocycles. The van der Waals surface area contributed by atoms with Crippen LogP contribution in [0.25, 0.3) is 22.4 Å². The van der Waals surface area contributed by atoms with E-state index in [-0.39, 0.29) is 5.82 Å². The second-order valence-corrected chi connectivity index (χ2v) is 5.04. The van der Waals surface area contributed by atoms with Crippen LogP contribution in [0, 0.1) is 12.7 Å². The van der Waals surface area contributed by atoms with Gasteiger partial charge in [-0.2, -0.15) is 0 Å². The molecule has 0 saturated carbocycles. The van der Waals surface area contributed by atoms with Crippen molar-refractivity contribution in [2.24, 2.45) is 0 Å². The number of aromatic amines is 1. The van der Waals surface area contributed by atoms with Crippen LogP contribution in [0.3, 0.4) is 0 Å². The number of halogens is 2. The fourth-order valence-corrected chi connectivity index (χ4v) is 2.20. The summed E-state index contributed by atoms with van der Waals surface area (Å²) in [6.07, 6.45) is 0. The predicted octanol–water partition coefficient (Wildman–Crippen LogP) is 4.44. The zero-order valence-corrected chi connectivity index (χ0v) is 11.3. The highest BCUT2D eigenvalue weighted by molar-refractivity contribution is 9.10. The number of benzene rings is 2. The maximum atomic E-state index is 13.5. The number of nitrogens with one attached hydrogen (secondary N) is 1. The first-order chi connectivity index (χ1) is 8.65. The van der Waals surface area contributed by atoms with Gasteiger partial charge in [0, 0.05) is 5.56 Å². The summed E-state index contributed by atoms with van der Waals surface area (Å²) in [5.74, 6) is 0.398. The van der Waals surface area contributed by atoms with E-state index in [1.165, 1.54) is 6.07 Å². The van der Waals surface area contributed by atoms with E-state index in [1.807, 2.05) is 31.2 Å². The number of aromatic nitrogens is 2. The van der Waals surface area contributed by atoms with Crippen LogP contribution in [0.4, 0.5) is 4.39 Å². The first-order valence-electron chi connectivity index (χ1n) is 5.56. The largest absolute Gasteiger partial charge is 0.338 e. The van der Waals surface area contributed by atoms with E-state index in [1.54, 1.807) is 6.07 Å². The highest BCUT2D eigenvalue weighted by atomic mass is 79.9. The average molecular weight is 305 g/mol. The summed E-state index contributed by atoms with van der Waals surface area (Å²) in [5.41, 5.74) is 3.74. The normalized spacial score (nSPS) is 11.1. The van der Waals surface area contributed by atoms with Gasteiger partial charge in [0.05, 0.1) is 15.5 Å². The molecule has 2 nitrogen and oxygen atoms in total. The van der Waals surface area contributed by atoms with Crippen LogP contribution < -0.4 is 0 Å². The van der Waals surface area contributed by atoms with Gasteiger partial charge < -0.3 is 4.98 Å². The van der Waals surface area contributed by atoms with Crippen LogP contribution in [0.2, 0.25) is 0 Å². The Balaban J connectivity index is 2.19. The van der Waals surface area contributed by atoms with Crippen molar-refractivity contribution in [3.05, 3.63) is 52.3 Å². The maximum Gasteiger partial charge on any atom is 0.138 e. The van der Waals surface area contributed by atoms with Crippen LogP contribution in [0.5, 0.6) is 0 Å². The highest BCUT2D eigenvalue weighted by Crippen LogP contribution is 2.25. The second-order valence-electron chi connectivity index (χ2n) is 4.19. The third-order valence-corrected chi connectivity index (χ3v) is 3.55. The van der Waals surface area contributed by atoms with Gasteiger partial charge in [0.25, 0.3) is 0 Å². The van der Waals surface area contributed by atoms with Gasteiger partial charge >= 0.3 is 0 Å². The van der Waals surface area contributed by atoms with Gasteiger partial charge in [-0.3, -0.25) is 0 Å². The number of rotatable bonds is 1. The van der Waals surface area contributed by atoms with E-state index in [2.05, 4.69) is 25.9 Å². The molecule has 0 fully saturated rings. The van der Waals surface area contributed by atoms with E-state index >= 15 is 0 Å². The molecular formula is C14H10BrFN2. The number of H-pyrrole nitrogens is 1. The third kappa shape index (κ3) is 1.82. The number of hydrogen-bond donors (Lipinski definition) is 1. The Hall–Kier alpha value is -1.68. The molecule has 1 heterocycles.